The highest BCUT2D eigenvalue weighted by Gasteiger charge is 2.28. The summed E-state index contributed by atoms with van der Waals surface area (Å²) in [7, 11) is -3.72. The molecular weight excluding hydrogens is 384 g/mol. The lowest BCUT2D eigenvalue weighted by molar-refractivity contribution is -0.145. The lowest BCUT2D eigenvalue weighted by Gasteiger charge is -2.29. The number of piperidine rings is 1. The first-order chi connectivity index (χ1) is 13.2. The van der Waals surface area contributed by atoms with Crippen molar-refractivity contribution in [3.05, 3.63) is 41.6 Å². The van der Waals surface area contributed by atoms with Crippen molar-refractivity contribution in [1.29, 1.82) is 5.26 Å². The van der Waals surface area contributed by atoms with Crippen molar-refractivity contribution >= 4 is 21.9 Å². The van der Waals surface area contributed by atoms with E-state index >= 15 is 0 Å². The topological polar surface area (TPSA) is 154 Å². The van der Waals surface area contributed by atoms with Crippen LogP contribution in [0.1, 0.15) is 18.4 Å². The van der Waals surface area contributed by atoms with Gasteiger partial charge in [-0.05, 0) is 37.0 Å². The minimum atomic E-state index is -3.72. The van der Waals surface area contributed by atoms with E-state index in [-0.39, 0.29) is 10.5 Å². The molecule has 0 saturated carbocycles. The number of carbonyl (C=O) groups is 2. The molecule has 1 fully saturated rings. The Morgan fingerprint density at radius 2 is 1.89 bits per heavy atom. The van der Waals surface area contributed by atoms with E-state index in [1.807, 2.05) is 6.07 Å². The van der Waals surface area contributed by atoms with E-state index in [1.165, 1.54) is 23.2 Å². The van der Waals surface area contributed by atoms with Crippen LogP contribution in [0.4, 0.5) is 0 Å². The molecule has 0 atom stereocenters. The Labute approximate surface area is 163 Å². The summed E-state index contributed by atoms with van der Waals surface area (Å²) < 4.78 is 22.4. The predicted octanol–water partition coefficient (Wildman–Crippen LogP) is 0.197. The first-order valence-electron chi connectivity index (χ1n) is 8.70. The third kappa shape index (κ3) is 5.80. The molecule has 1 aliphatic rings. The van der Waals surface area contributed by atoms with Gasteiger partial charge in [-0.2, -0.15) is 5.26 Å². The molecule has 150 valence electrons. The van der Waals surface area contributed by atoms with Gasteiger partial charge in [0, 0.05) is 25.8 Å². The van der Waals surface area contributed by atoms with Crippen LogP contribution in [-0.2, 0) is 26.0 Å². The number of aliphatic carboxylic acids is 1. The Morgan fingerprint density at radius 3 is 2.39 bits per heavy atom. The molecule has 28 heavy (non-hydrogen) atoms. The Morgan fingerprint density at radius 1 is 1.29 bits per heavy atom. The number of nitrogens with zero attached hydrogens (tertiary/aromatic N) is 2. The SMILES string of the molecule is N#C/C(=C/NCCc1ccc(S(N)(=O)=O)cc1)C(=O)N1CCC(C(=O)O)CC1. The van der Waals surface area contributed by atoms with Gasteiger partial charge in [-0.15, -0.1) is 0 Å². The van der Waals surface area contributed by atoms with Crippen LogP contribution in [0.5, 0.6) is 0 Å². The van der Waals surface area contributed by atoms with Gasteiger partial charge in [-0.1, -0.05) is 12.1 Å². The van der Waals surface area contributed by atoms with Gasteiger partial charge in [-0.3, -0.25) is 9.59 Å². The summed E-state index contributed by atoms with van der Waals surface area (Å²) in [5, 5.41) is 26.2. The van der Waals surface area contributed by atoms with Gasteiger partial charge in [0.25, 0.3) is 5.91 Å². The first-order valence-corrected chi connectivity index (χ1v) is 10.2. The molecule has 0 aliphatic carbocycles. The van der Waals surface area contributed by atoms with Crippen LogP contribution < -0.4 is 10.5 Å². The molecule has 0 bridgehead atoms. The zero-order valence-electron chi connectivity index (χ0n) is 15.2. The zero-order valence-corrected chi connectivity index (χ0v) is 16.0. The van der Waals surface area contributed by atoms with Crippen molar-refractivity contribution in [2.75, 3.05) is 19.6 Å². The van der Waals surface area contributed by atoms with Crippen LogP contribution in [-0.4, -0.2) is 49.9 Å². The Kier molecular flexibility index (Phi) is 7.14. The minimum Gasteiger partial charge on any atom is -0.481 e. The molecule has 1 saturated heterocycles. The van der Waals surface area contributed by atoms with Gasteiger partial charge in [-0.25, -0.2) is 13.6 Å². The average molecular weight is 406 g/mol. The number of rotatable bonds is 7. The maximum Gasteiger partial charge on any atom is 0.306 e. The van der Waals surface area contributed by atoms with Crippen molar-refractivity contribution in [3.63, 3.8) is 0 Å². The number of nitrogens with one attached hydrogen (secondary N) is 1. The Balaban J connectivity index is 1.85. The molecule has 0 radical (unpaired) electrons. The van der Waals surface area contributed by atoms with Gasteiger partial charge in [0.1, 0.15) is 11.6 Å². The molecule has 1 aromatic carbocycles. The highest BCUT2D eigenvalue weighted by Crippen LogP contribution is 2.18. The highest BCUT2D eigenvalue weighted by atomic mass is 32.2. The van der Waals surface area contributed by atoms with Crippen molar-refractivity contribution in [2.45, 2.75) is 24.2 Å². The van der Waals surface area contributed by atoms with E-state index in [1.54, 1.807) is 12.1 Å². The quantitative estimate of drug-likeness (QED) is 0.332. The standard InChI is InChI=1S/C18H22N4O5S/c19-11-15(17(23)22-9-6-14(7-10-22)18(24)25)12-21-8-5-13-1-3-16(4-2-13)28(20,26)27/h1-4,12,14,21H,5-10H2,(H,24,25)(H2,20,26,27)/b15-12-. The monoisotopic (exact) mass is 406 g/mol. The number of nitrogens with two attached hydrogens (primary N) is 1. The molecule has 0 aromatic heterocycles. The van der Waals surface area contributed by atoms with Crippen LogP contribution >= 0.6 is 0 Å². The first kappa shape index (κ1) is 21.4. The summed E-state index contributed by atoms with van der Waals surface area (Å²) in [5.41, 5.74) is 0.826. The fourth-order valence-corrected chi connectivity index (χ4v) is 3.39. The highest BCUT2D eigenvalue weighted by molar-refractivity contribution is 7.89. The van der Waals surface area contributed by atoms with E-state index in [9.17, 15) is 23.3 Å². The number of sulfonamides is 1. The van der Waals surface area contributed by atoms with Gasteiger partial charge in [0.05, 0.1) is 10.8 Å². The zero-order chi connectivity index (χ0) is 20.7. The van der Waals surface area contributed by atoms with Crippen LogP contribution in [0, 0.1) is 17.2 Å². The number of hydrogen-bond donors (Lipinski definition) is 3. The number of primary sulfonamides is 1. The largest absolute Gasteiger partial charge is 0.481 e. The predicted molar refractivity (Wildman–Crippen MR) is 100 cm³/mol. The van der Waals surface area contributed by atoms with Crippen LogP contribution in [0.3, 0.4) is 0 Å². The van der Waals surface area contributed by atoms with Crippen molar-refractivity contribution in [2.24, 2.45) is 11.1 Å². The number of carboxylic acid groups (broad SMARTS) is 1. The molecule has 0 unspecified atom stereocenters. The average Bonchev–Trinajstić information content (AvgIpc) is 2.67. The molecule has 1 heterocycles. The summed E-state index contributed by atoms with van der Waals surface area (Å²) in [4.78, 5) is 24.9. The van der Waals surface area contributed by atoms with Gasteiger partial charge in [0.2, 0.25) is 10.0 Å². The van der Waals surface area contributed by atoms with Crippen LogP contribution in [0.25, 0.3) is 0 Å². The number of hydrogen-bond acceptors (Lipinski definition) is 6. The van der Waals surface area contributed by atoms with Crippen molar-refractivity contribution < 1.29 is 23.1 Å². The summed E-state index contributed by atoms with van der Waals surface area (Å²) in [5.74, 6) is -1.73. The minimum absolute atomic E-state index is 0.0353. The van der Waals surface area contributed by atoms with Crippen LogP contribution in [0.2, 0.25) is 0 Å². The second kappa shape index (κ2) is 9.34. The smallest absolute Gasteiger partial charge is 0.306 e. The van der Waals surface area contributed by atoms with E-state index in [0.717, 1.165) is 5.56 Å². The summed E-state index contributed by atoms with van der Waals surface area (Å²) in [6.45, 7) is 1.06. The summed E-state index contributed by atoms with van der Waals surface area (Å²) in [6, 6.07) is 8.00. The Hall–Kier alpha value is -2.90. The molecular formula is C18H22N4O5S. The van der Waals surface area contributed by atoms with Gasteiger partial charge < -0.3 is 15.3 Å². The molecule has 1 aromatic rings. The lowest BCUT2D eigenvalue weighted by atomic mass is 9.97. The number of nitriles is 1. The molecule has 9 nitrogen and oxygen atoms in total. The number of carboxylic acids is 1. The number of benzene rings is 1. The summed E-state index contributed by atoms with van der Waals surface area (Å²) in [6.07, 6.45) is 2.66. The second-order valence-electron chi connectivity index (χ2n) is 6.47. The third-order valence-electron chi connectivity index (χ3n) is 4.54. The van der Waals surface area contributed by atoms with E-state index in [4.69, 9.17) is 10.2 Å². The van der Waals surface area contributed by atoms with Gasteiger partial charge in [0.15, 0.2) is 0 Å². The second-order valence-corrected chi connectivity index (χ2v) is 8.03. The van der Waals surface area contributed by atoms with E-state index < -0.39 is 27.8 Å². The van der Waals surface area contributed by atoms with Crippen molar-refractivity contribution in [3.8, 4) is 6.07 Å². The van der Waals surface area contributed by atoms with E-state index in [0.29, 0.717) is 38.9 Å². The molecule has 2 rings (SSSR count). The number of carbonyl (C=O) groups excluding carboxylic acids is 1. The number of amides is 1. The van der Waals surface area contributed by atoms with Gasteiger partial charge >= 0.3 is 5.97 Å². The van der Waals surface area contributed by atoms with E-state index in [2.05, 4.69) is 5.32 Å². The van der Waals surface area contributed by atoms with Crippen LogP contribution in [0.15, 0.2) is 40.9 Å². The molecule has 1 amide bonds. The molecule has 10 heteroatoms. The Bertz CT molecular complexity index is 895. The fraction of sp³-hybridized carbons (Fsp3) is 0.389. The maximum atomic E-state index is 12.4. The normalized spacial score (nSPS) is 15.7. The molecule has 0 spiro atoms. The fourth-order valence-electron chi connectivity index (χ4n) is 2.88. The molecule has 1 aliphatic heterocycles. The maximum absolute atomic E-state index is 12.4. The third-order valence-corrected chi connectivity index (χ3v) is 5.47. The van der Waals surface area contributed by atoms with Crippen molar-refractivity contribution in [1.82, 2.24) is 10.2 Å². The number of likely N-dealkylation sites (tertiary alicyclic amines) is 1. The molecule has 4 N–H and O–H groups in total. The lowest BCUT2D eigenvalue weighted by Crippen LogP contribution is -2.41. The summed E-state index contributed by atoms with van der Waals surface area (Å²) >= 11 is 0.